The number of hydrogen-bond donors (Lipinski definition) is 1. The second kappa shape index (κ2) is 7.19. The van der Waals surface area contributed by atoms with Crippen LogP contribution in [-0.2, 0) is 9.59 Å². The van der Waals surface area contributed by atoms with Crippen molar-refractivity contribution in [1.29, 1.82) is 0 Å². The number of carbonyl (C=O) groups is 4. The molecule has 4 amide bonds. The molecule has 2 fully saturated rings. The molecule has 3 aliphatic rings. The Bertz CT molecular complexity index is 1340. The van der Waals surface area contributed by atoms with Crippen molar-refractivity contribution < 1.29 is 19.2 Å². The van der Waals surface area contributed by atoms with Crippen molar-refractivity contribution in [3.05, 3.63) is 47.8 Å². The molecule has 2 aliphatic heterocycles. The molecule has 1 aliphatic carbocycles. The molecule has 0 bridgehead atoms. The van der Waals surface area contributed by atoms with Crippen molar-refractivity contribution in [1.82, 2.24) is 35.0 Å². The van der Waals surface area contributed by atoms with Crippen molar-refractivity contribution in [2.24, 2.45) is 0 Å². The number of piperidine rings is 1. The van der Waals surface area contributed by atoms with Crippen LogP contribution >= 0.6 is 0 Å². The van der Waals surface area contributed by atoms with Gasteiger partial charge in [-0.2, -0.15) is 5.10 Å². The van der Waals surface area contributed by atoms with Gasteiger partial charge in [0, 0.05) is 12.6 Å². The lowest BCUT2D eigenvalue weighted by atomic mass is 9.93. The van der Waals surface area contributed by atoms with Crippen molar-refractivity contribution in [3.63, 3.8) is 0 Å². The fraction of sp³-hybridized carbons (Fsp3) is 0.318. The normalized spacial score (nSPS) is 20.7. The highest BCUT2D eigenvalue weighted by Crippen LogP contribution is 2.33. The molecule has 11 nitrogen and oxygen atoms in total. The highest BCUT2D eigenvalue weighted by atomic mass is 16.2. The van der Waals surface area contributed by atoms with Gasteiger partial charge >= 0.3 is 0 Å². The quantitative estimate of drug-likeness (QED) is 0.598. The molecule has 6 rings (SSSR count). The van der Waals surface area contributed by atoms with E-state index in [9.17, 15) is 19.2 Å². The monoisotopic (exact) mass is 445 g/mol. The molecule has 33 heavy (non-hydrogen) atoms. The number of fused-ring (bicyclic) bond motifs is 1. The summed E-state index contributed by atoms with van der Waals surface area (Å²) < 4.78 is 3.38. The zero-order chi connectivity index (χ0) is 22.7. The summed E-state index contributed by atoms with van der Waals surface area (Å²) in [5.74, 6) is -2.21. The van der Waals surface area contributed by atoms with Crippen LogP contribution in [0.2, 0.25) is 0 Å². The summed E-state index contributed by atoms with van der Waals surface area (Å²) >= 11 is 0. The summed E-state index contributed by atoms with van der Waals surface area (Å²) in [6.45, 7) is 0. The lowest BCUT2D eigenvalue weighted by Crippen LogP contribution is -2.54. The number of nitrogens with zero attached hydrogens (tertiary/aromatic N) is 6. The number of benzene rings is 1. The molecule has 0 radical (unpaired) electrons. The Morgan fingerprint density at radius 1 is 0.970 bits per heavy atom. The predicted octanol–water partition coefficient (Wildman–Crippen LogP) is 1.26. The Morgan fingerprint density at radius 2 is 1.82 bits per heavy atom. The molecule has 2 aromatic heterocycles. The maximum absolute atomic E-state index is 13.3. The number of hydrogen-bond acceptors (Lipinski definition) is 7. The van der Waals surface area contributed by atoms with Crippen LogP contribution in [0.5, 0.6) is 0 Å². The van der Waals surface area contributed by atoms with E-state index in [1.54, 1.807) is 24.4 Å². The summed E-state index contributed by atoms with van der Waals surface area (Å²) in [6, 6.07) is 6.14. The number of rotatable bonds is 4. The number of carbonyl (C=O) groups excluding carboxylic acids is 4. The Kier molecular flexibility index (Phi) is 4.25. The molecule has 1 aromatic carbocycles. The van der Waals surface area contributed by atoms with Gasteiger partial charge in [0.15, 0.2) is 0 Å². The van der Waals surface area contributed by atoms with Gasteiger partial charge in [0.2, 0.25) is 11.8 Å². The summed E-state index contributed by atoms with van der Waals surface area (Å²) in [5, 5.41) is 15.2. The van der Waals surface area contributed by atoms with E-state index >= 15 is 0 Å². The zero-order valence-electron chi connectivity index (χ0n) is 17.5. The lowest BCUT2D eigenvalue weighted by Gasteiger charge is -2.27. The van der Waals surface area contributed by atoms with Crippen molar-refractivity contribution in [3.8, 4) is 17.1 Å². The molecule has 1 unspecified atom stereocenters. The van der Waals surface area contributed by atoms with Crippen LogP contribution in [0.1, 0.15) is 58.9 Å². The van der Waals surface area contributed by atoms with Gasteiger partial charge in [-0.1, -0.05) is 11.3 Å². The van der Waals surface area contributed by atoms with E-state index < -0.39 is 29.7 Å². The molecule has 0 spiro atoms. The number of aromatic nitrogens is 5. The largest absolute Gasteiger partial charge is 0.295 e. The number of amides is 4. The first-order valence-electron chi connectivity index (χ1n) is 10.8. The number of nitrogens with one attached hydrogen (secondary N) is 1. The third-order valence-electron chi connectivity index (χ3n) is 6.51. The first-order chi connectivity index (χ1) is 16.0. The highest BCUT2D eigenvalue weighted by Gasteiger charge is 2.45. The summed E-state index contributed by atoms with van der Waals surface area (Å²) in [4.78, 5) is 51.0. The Morgan fingerprint density at radius 3 is 2.58 bits per heavy atom. The zero-order valence-corrected chi connectivity index (χ0v) is 17.5. The molecule has 1 saturated heterocycles. The minimum Gasteiger partial charge on any atom is -0.295 e. The fourth-order valence-corrected chi connectivity index (χ4v) is 4.52. The highest BCUT2D eigenvalue weighted by molar-refractivity contribution is 6.24. The molecule has 166 valence electrons. The van der Waals surface area contributed by atoms with Crippen LogP contribution in [0.4, 0.5) is 0 Å². The second-order valence-corrected chi connectivity index (χ2v) is 8.46. The van der Waals surface area contributed by atoms with E-state index in [-0.39, 0.29) is 24.0 Å². The van der Waals surface area contributed by atoms with Crippen LogP contribution in [-0.4, -0.2) is 59.3 Å². The van der Waals surface area contributed by atoms with Crippen molar-refractivity contribution in [2.45, 2.75) is 44.2 Å². The minimum atomic E-state index is -1.02. The van der Waals surface area contributed by atoms with E-state index in [0.717, 1.165) is 17.7 Å². The molecule has 11 heteroatoms. The van der Waals surface area contributed by atoms with Gasteiger partial charge < -0.3 is 0 Å². The third kappa shape index (κ3) is 2.99. The number of imide groups is 2. The Balaban J connectivity index is 1.33. The van der Waals surface area contributed by atoms with E-state index in [2.05, 4.69) is 20.7 Å². The van der Waals surface area contributed by atoms with Gasteiger partial charge in [0.1, 0.15) is 17.4 Å². The maximum atomic E-state index is 13.3. The van der Waals surface area contributed by atoms with Gasteiger partial charge in [-0.3, -0.25) is 34.1 Å². The average molecular weight is 445 g/mol. The van der Waals surface area contributed by atoms with Crippen molar-refractivity contribution >= 4 is 23.6 Å². The Hall–Kier alpha value is -4.15. The van der Waals surface area contributed by atoms with Gasteiger partial charge in [-0.25, -0.2) is 4.68 Å². The minimum absolute atomic E-state index is 0.0661. The first kappa shape index (κ1) is 19.5. The molecule has 1 saturated carbocycles. The van der Waals surface area contributed by atoms with Crippen LogP contribution in [0.3, 0.4) is 0 Å². The standard InChI is InChI=1S/C22H19N7O4/c30-18-8-7-17(20(31)23-18)29-21(32)13-5-2-6-16(19(13)22(29)33)28-11-15(24-26-28)14-9-10-27(25-14)12-3-1-4-12/h2,5-6,9-12,17H,1,3-4,7-8H2,(H,23,30,31). The maximum Gasteiger partial charge on any atom is 0.264 e. The van der Waals surface area contributed by atoms with Crippen LogP contribution in [0.25, 0.3) is 17.1 Å². The van der Waals surface area contributed by atoms with Gasteiger partial charge in [0.25, 0.3) is 11.8 Å². The van der Waals surface area contributed by atoms with E-state index in [0.29, 0.717) is 23.1 Å². The summed E-state index contributed by atoms with van der Waals surface area (Å²) in [7, 11) is 0. The second-order valence-electron chi connectivity index (χ2n) is 8.46. The molecule has 1 atom stereocenters. The molecule has 4 heterocycles. The first-order valence-corrected chi connectivity index (χ1v) is 10.8. The smallest absolute Gasteiger partial charge is 0.264 e. The molecular weight excluding hydrogens is 426 g/mol. The van der Waals surface area contributed by atoms with Crippen LogP contribution < -0.4 is 5.32 Å². The molecule has 3 aromatic rings. The average Bonchev–Trinajstić information content (AvgIpc) is 3.47. The third-order valence-corrected chi connectivity index (χ3v) is 6.51. The van der Waals surface area contributed by atoms with Crippen LogP contribution in [0, 0.1) is 0 Å². The van der Waals surface area contributed by atoms with Crippen LogP contribution in [0.15, 0.2) is 36.7 Å². The van der Waals surface area contributed by atoms with E-state index in [4.69, 9.17) is 0 Å². The summed E-state index contributed by atoms with van der Waals surface area (Å²) in [6.07, 6.45) is 7.19. The molecule has 1 N–H and O–H groups in total. The van der Waals surface area contributed by atoms with Crippen molar-refractivity contribution in [2.75, 3.05) is 0 Å². The lowest BCUT2D eigenvalue weighted by molar-refractivity contribution is -0.136. The SMILES string of the molecule is O=C1CCC(N2C(=O)c3cccc(-n4cc(-c5ccn(C6CCC6)n5)nn4)c3C2=O)C(=O)N1. The van der Waals surface area contributed by atoms with Gasteiger partial charge in [-0.15, -0.1) is 5.10 Å². The fourth-order valence-electron chi connectivity index (χ4n) is 4.52. The van der Waals surface area contributed by atoms with Gasteiger partial charge in [-0.05, 0) is 43.9 Å². The summed E-state index contributed by atoms with van der Waals surface area (Å²) in [5.41, 5.74) is 1.95. The van der Waals surface area contributed by atoms with Gasteiger partial charge in [0.05, 0.1) is 29.1 Å². The molecular formula is C22H19N7O4. The van der Waals surface area contributed by atoms with E-state index in [1.807, 2.05) is 16.9 Å². The Labute approximate surface area is 187 Å². The van der Waals surface area contributed by atoms with E-state index in [1.165, 1.54) is 11.1 Å². The predicted molar refractivity (Wildman–Crippen MR) is 112 cm³/mol. The topological polar surface area (TPSA) is 132 Å².